The smallest absolute Gasteiger partial charge is 0.462 e. The zero-order valence-electron chi connectivity index (χ0n) is 27.3. The highest BCUT2D eigenvalue weighted by Gasteiger charge is 2.22. The Labute approximate surface area is 257 Å². The highest BCUT2D eigenvalue weighted by atomic mass is 31.2. The van der Waals surface area contributed by atoms with Gasteiger partial charge in [0.2, 0.25) is 0 Å². The van der Waals surface area contributed by atoms with Crippen LogP contribution in [0.5, 0.6) is 0 Å². The summed E-state index contributed by atoms with van der Waals surface area (Å²) in [6.07, 6.45) is 25.6. The van der Waals surface area contributed by atoms with E-state index >= 15 is 0 Å². The van der Waals surface area contributed by atoms with Gasteiger partial charge in [0.25, 0.3) is 0 Å². The molecule has 0 aromatic heterocycles. The van der Waals surface area contributed by atoms with Gasteiger partial charge in [-0.05, 0) is 18.8 Å². The van der Waals surface area contributed by atoms with Crippen LogP contribution in [0.3, 0.4) is 0 Å². The maximum atomic E-state index is 12.3. The summed E-state index contributed by atoms with van der Waals surface area (Å²) in [4.78, 5) is 42.4. The van der Waals surface area contributed by atoms with Crippen LogP contribution in [-0.2, 0) is 28.2 Å². The van der Waals surface area contributed by atoms with Gasteiger partial charge in [-0.2, -0.15) is 0 Å². The van der Waals surface area contributed by atoms with Crippen molar-refractivity contribution in [2.45, 2.75) is 181 Å². The van der Waals surface area contributed by atoms with Crippen LogP contribution in [0.1, 0.15) is 175 Å². The molecule has 0 fully saturated rings. The summed E-state index contributed by atoms with van der Waals surface area (Å²) in [6, 6.07) is 0. The number of hydrogen-bond donors (Lipinski definition) is 2. The van der Waals surface area contributed by atoms with Crippen LogP contribution in [0.2, 0.25) is 0 Å². The molecular weight excluding hydrogens is 555 g/mol. The van der Waals surface area contributed by atoms with Gasteiger partial charge in [-0.15, -0.1) is 0 Å². The summed E-state index contributed by atoms with van der Waals surface area (Å²) in [5, 5.41) is 0. The third kappa shape index (κ3) is 32.0. The minimum Gasteiger partial charge on any atom is -0.462 e. The minimum absolute atomic E-state index is 0.218. The zero-order valence-corrected chi connectivity index (χ0v) is 28.2. The number of unbranched alkanes of at least 4 members (excludes halogenated alkanes) is 19. The van der Waals surface area contributed by atoms with Crippen LogP contribution in [-0.4, -0.2) is 41.0 Å². The standard InChI is InChI=1S/C33H65O8P/c1-4-5-6-7-16-20-23-26-32(34)39-28-31(29-40-42(36,37)38)41-33(35)27-24-21-18-15-13-11-9-8-10-12-14-17-19-22-25-30(2)3/h30-31H,4-29H2,1-3H3,(H2,36,37,38)/t31-/m1/s1. The molecule has 0 unspecified atom stereocenters. The first-order valence-corrected chi connectivity index (χ1v) is 18.7. The minimum atomic E-state index is -4.73. The third-order valence-corrected chi connectivity index (χ3v) is 8.04. The van der Waals surface area contributed by atoms with Crippen molar-refractivity contribution in [1.82, 2.24) is 0 Å². The monoisotopic (exact) mass is 620 g/mol. The quantitative estimate of drug-likeness (QED) is 0.0447. The second-order valence-corrected chi connectivity index (χ2v) is 13.6. The Bertz CT molecular complexity index is 679. The number of ether oxygens (including phenoxy) is 2. The number of phosphoric acid groups is 1. The first kappa shape index (κ1) is 41.0. The number of phosphoric ester groups is 1. The highest BCUT2D eigenvalue weighted by Crippen LogP contribution is 2.36. The van der Waals surface area contributed by atoms with Crippen molar-refractivity contribution < 1.29 is 37.9 Å². The molecule has 0 aliphatic heterocycles. The lowest BCUT2D eigenvalue weighted by Gasteiger charge is -2.18. The SMILES string of the molecule is CCCCCCCCCC(=O)OC[C@H](COP(=O)(O)O)OC(=O)CCCCCCCCCCCCCCCCC(C)C. The number of rotatable bonds is 31. The molecule has 0 saturated carbocycles. The Morgan fingerprint density at radius 2 is 1.00 bits per heavy atom. The molecule has 2 N–H and O–H groups in total. The van der Waals surface area contributed by atoms with E-state index in [9.17, 15) is 14.2 Å². The highest BCUT2D eigenvalue weighted by molar-refractivity contribution is 7.46. The molecule has 0 aliphatic carbocycles. The predicted octanol–water partition coefficient (Wildman–Crippen LogP) is 9.59. The Morgan fingerprint density at radius 3 is 1.43 bits per heavy atom. The van der Waals surface area contributed by atoms with Gasteiger partial charge in [-0.3, -0.25) is 14.1 Å². The fourth-order valence-electron chi connectivity index (χ4n) is 4.97. The van der Waals surface area contributed by atoms with Crippen molar-refractivity contribution in [3.05, 3.63) is 0 Å². The average molecular weight is 621 g/mol. The maximum Gasteiger partial charge on any atom is 0.469 e. The van der Waals surface area contributed by atoms with E-state index in [1.165, 1.54) is 103 Å². The Hall–Kier alpha value is -0.950. The molecule has 0 spiro atoms. The molecule has 0 rings (SSSR count). The van der Waals surface area contributed by atoms with Crippen molar-refractivity contribution in [3.8, 4) is 0 Å². The van der Waals surface area contributed by atoms with E-state index in [1.54, 1.807) is 0 Å². The van der Waals surface area contributed by atoms with Crippen LogP contribution in [0.15, 0.2) is 0 Å². The topological polar surface area (TPSA) is 119 Å². The first-order valence-electron chi connectivity index (χ1n) is 17.2. The number of esters is 2. The van der Waals surface area contributed by atoms with Gasteiger partial charge in [0, 0.05) is 12.8 Å². The third-order valence-electron chi connectivity index (χ3n) is 7.55. The zero-order chi connectivity index (χ0) is 31.3. The van der Waals surface area contributed by atoms with E-state index in [-0.39, 0.29) is 19.4 Å². The average Bonchev–Trinajstić information content (AvgIpc) is 2.93. The van der Waals surface area contributed by atoms with Gasteiger partial charge in [0.1, 0.15) is 6.61 Å². The van der Waals surface area contributed by atoms with Gasteiger partial charge in [-0.25, -0.2) is 4.57 Å². The molecule has 1 atom stereocenters. The molecule has 0 saturated heterocycles. The second kappa shape index (κ2) is 28.8. The molecule has 250 valence electrons. The Balaban J connectivity index is 3.89. The molecule has 8 nitrogen and oxygen atoms in total. The van der Waals surface area contributed by atoms with Gasteiger partial charge in [-0.1, -0.05) is 149 Å². The molecule has 42 heavy (non-hydrogen) atoms. The molecular formula is C33H65O8P. The van der Waals surface area contributed by atoms with Gasteiger partial charge in [0.05, 0.1) is 6.61 Å². The summed E-state index contributed by atoms with van der Waals surface area (Å²) < 4.78 is 26.1. The van der Waals surface area contributed by atoms with E-state index in [0.29, 0.717) is 6.42 Å². The molecule has 0 aromatic carbocycles. The van der Waals surface area contributed by atoms with E-state index in [0.717, 1.165) is 38.0 Å². The van der Waals surface area contributed by atoms with Crippen molar-refractivity contribution >= 4 is 19.8 Å². The summed E-state index contributed by atoms with van der Waals surface area (Å²) in [6.45, 7) is 5.96. The van der Waals surface area contributed by atoms with E-state index in [2.05, 4.69) is 25.3 Å². The first-order chi connectivity index (χ1) is 20.1. The van der Waals surface area contributed by atoms with Gasteiger partial charge in [0.15, 0.2) is 6.10 Å². The molecule has 0 aliphatic rings. The summed E-state index contributed by atoms with van der Waals surface area (Å²) >= 11 is 0. The summed E-state index contributed by atoms with van der Waals surface area (Å²) in [5.74, 6) is -0.0520. The van der Waals surface area contributed by atoms with Crippen molar-refractivity contribution in [1.29, 1.82) is 0 Å². The molecule has 0 heterocycles. The maximum absolute atomic E-state index is 12.3. The van der Waals surface area contributed by atoms with Gasteiger partial charge >= 0.3 is 19.8 Å². The van der Waals surface area contributed by atoms with Crippen LogP contribution in [0.4, 0.5) is 0 Å². The van der Waals surface area contributed by atoms with E-state index in [1.807, 2.05) is 0 Å². The molecule has 0 amide bonds. The molecule has 0 aromatic rings. The lowest BCUT2D eigenvalue weighted by atomic mass is 10.0. The van der Waals surface area contributed by atoms with Crippen molar-refractivity contribution in [2.24, 2.45) is 5.92 Å². The van der Waals surface area contributed by atoms with E-state index in [4.69, 9.17) is 19.3 Å². The van der Waals surface area contributed by atoms with Crippen LogP contribution < -0.4 is 0 Å². The largest absolute Gasteiger partial charge is 0.469 e. The fourth-order valence-corrected chi connectivity index (χ4v) is 5.33. The predicted molar refractivity (Wildman–Crippen MR) is 170 cm³/mol. The Kier molecular flexibility index (Phi) is 28.1. The van der Waals surface area contributed by atoms with Crippen LogP contribution in [0.25, 0.3) is 0 Å². The fraction of sp³-hybridized carbons (Fsp3) is 0.939. The summed E-state index contributed by atoms with van der Waals surface area (Å²) in [5.41, 5.74) is 0. The van der Waals surface area contributed by atoms with Crippen LogP contribution in [0, 0.1) is 5.92 Å². The van der Waals surface area contributed by atoms with Gasteiger partial charge < -0.3 is 19.3 Å². The van der Waals surface area contributed by atoms with Crippen molar-refractivity contribution in [3.63, 3.8) is 0 Å². The molecule has 0 bridgehead atoms. The van der Waals surface area contributed by atoms with E-state index < -0.39 is 32.5 Å². The normalized spacial score (nSPS) is 12.5. The number of carbonyl (C=O) groups excluding carboxylic acids is 2. The molecule has 0 radical (unpaired) electrons. The Morgan fingerprint density at radius 1 is 0.595 bits per heavy atom. The van der Waals surface area contributed by atoms with Crippen molar-refractivity contribution in [2.75, 3.05) is 13.2 Å². The lowest BCUT2D eigenvalue weighted by molar-refractivity contribution is -0.161. The summed E-state index contributed by atoms with van der Waals surface area (Å²) in [7, 11) is -4.73. The molecule has 9 heteroatoms. The lowest BCUT2D eigenvalue weighted by Crippen LogP contribution is -2.29. The number of carbonyl (C=O) groups is 2. The number of hydrogen-bond acceptors (Lipinski definition) is 6. The van der Waals surface area contributed by atoms with Crippen LogP contribution >= 0.6 is 7.82 Å². The second-order valence-electron chi connectivity index (χ2n) is 12.3.